The molecule has 0 saturated carbocycles. The van der Waals surface area contributed by atoms with Gasteiger partial charge in [0, 0.05) is 15.8 Å². The van der Waals surface area contributed by atoms with Crippen LogP contribution < -0.4 is 5.32 Å². The van der Waals surface area contributed by atoms with Crippen molar-refractivity contribution in [2.24, 2.45) is 0 Å². The molecule has 0 amide bonds. The molecule has 2 rings (SSSR count). The van der Waals surface area contributed by atoms with E-state index in [9.17, 15) is 10.1 Å². The first-order chi connectivity index (χ1) is 9.11. The maximum atomic E-state index is 11.0. The Morgan fingerprint density at radius 3 is 2.68 bits per heavy atom. The minimum absolute atomic E-state index is 0.0615. The minimum atomic E-state index is -0.360. The Bertz CT molecular complexity index is 580. The van der Waals surface area contributed by atoms with Gasteiger partial charge in [-0.2, -0.15) is 0 Å². The number of hydrogen-bond acceptors (Lipinski definition) is 4. The molecule has 1 atom stereocenters. The van der Waals surface area contributed by atoms with Gasteiger partial charge in [-0.3, -0.25) is 10.1 Å². The molecule has 0 aliphatic heterocycles. The molecule has 1 N–H and O–H groups in total. The van der Waals surface area contributed by atoms with Gasteiger partial charge in [0.2, 0.25) is 0 Å². The zero-order valence-corrected chi connectivity index (χ0v) is 11.7. The highest BCUT2D eigenvalue weighted by Gasteiger charge is 2.15. The summed E-state index contributed by atoms with van der Waals surface area (Å²) in [5, 5.41) is 14.2. The molecule has 1 heterocycles. The quantitative estimate of drug-likeness (QED) is 0.650. The van der Waals surface area contributed by atoms with E-state index in [4.69, 9.17) is 0 Å². The summed E-state index contributed by atoms with van der Waals surface area (Å²) in [7, 11) is 0. The third-order valence-corrected chi connectivity index (χ3v) is 4.34. The maximum Gasteiger partial charge on any atom is 0.292 e. The molecule has 4 nitrogen and oxygen atoms in total. The normalized spacial score (nSPS) is 12.1. The average molecular weight is 276 g/mol. The largest absolute Gasteiger partial charge is 0.372 e. The summed E-state index contributed by atoms with van der Waals surface area (Å²) in [6.45, 7) is 4.14. The number of hydrogen-bond donors (Lipinski definition) is 1. The molecule has 0 bridgehead atoms. The van der Waals surface area contributed by atoms with Crippen LogP contribution >= 0.6 is 11.3 Å². The predicted octanol–water partition coefficient (Wildman–Crippen LogP) is 4.39. The second kappa shape index (κ2) is 5.84. The molecule has 19 heavy (non-hydrogen) atoms. The lowest BCUT2D eigenvalue weighted by molar-refractivity contribution is -0.384. The lowest BCUT2D eigenvalue weighted by atomic mass is 10.2. The number of anilines is 1. The fourth-order valence-corrected chi connectivity index (χ4v) is 2.83. The van der Waals surface area contributed by atoms with Crippen molar-refractivity contribution in [2.75, 3.05) is 5.32 Å². The molecule has 5 heteroatoms. The van der Waals surface area contributed by atoms with Gasteiger partial charge < -0.3 is 5.32 Å². The topological polar surface area (TPSA) is 55.2 Å². The summed E-state index contributed by atoms with van der Waals surface area (Å²) in [6, 6.07) is 11.0. The van der Waals surface area contributed by atoms with Crippen LogP contribution in [0, 0.1) is 10.1 Å². The van der Waals surface area contributed by atoms with E-state index in [2.05, 4.69) is 24.4 Å². The number of thiophene rings is 1. The Morgan fingerprint density at radius 2 is 2.05 bits per heavy atom. The first kappa shape index (κ1) is 13.5. The molecule has 2 aromatic rings. The molecule has 0 saturated heterocycles. The van der Waals surface area contributed by atoms with Gasteiger partial charge in [0.1, 0.15) is 5.69 Å². The van der Waals surface area contributed by atoms with E-state index in [0.29, 0.717) is 5.69 Å². The Kier molecular flexibility index (Phi) is 4.16. The van der Waals surface area contributed by atoms with Crippen LogP contribution in [0.2, 0.25) is 0 Å². The fraction of sp³-hybridized carbons (Fsp3) is 0.286. The van der Waals surface area contributed by atoms with E-state index in [1.165, 1.54) is 15.8 Å². The Labute approximate surface area is 116 Å². The van der Waals surface area contributed by atoms with Gasteiger partial charge >= 0.3 is 0 Å². The van der Waals surface area contributed by atoms with E-state index in [0.717, 1.165) is 6.42 Å². The number of benzene rings is 1. The highest BCUT2D eigenvalue weighted by Crippen LogP contribution is 2.30. The molecule has 0 fully saturated rings. The summed E-state index contributed by atoms with van der Waals surface area (Å²) >= 11 is 1.74. The molecule has 1 aromatic heterocycles. The number of nitrogens with one attached hydrogen (secondary N) is 1. The Morgan fingerprint density at radius 1 is 1.32 bits per heavy atom. The summed E-state index contributed by atoms with van der Waals surface area (Å²) in [4.78, 5) is 13.1. The Hall–Kier alpha value is -1.88. The predicted molar refractivity (Wildman–Crippen MR) is 78.8 cm³/mol. The summed E-state index contributed by atoms with van der Waals surface area (Å²) in [5.74, 6) is 0. The first-order valence-corrected chi connectivity index (χ1v) is 7.02. The van der Waals surface area contributed by atoms with E-state index >= 15 is 0 Å². The monoisotopic (exact) mass is 276 g/mol. The number of aryl methyl sites for hydroxylation is 1. The van der Waals surface area contributed by atoms with Gasteiger partial charge in [0.05, 0.1) is 11.0 Å². The lowest BCUT2D eigenvalue weighted by Gasteiger charge is -2.13. The summed E-state index contributed by atoms with van der Waals surface area (Å²) in [5.41, 5.74) is 0.674. The van der Waals surface area contributed by atoms with Crippen molar-refractivity contribution in [1.82, 2.24) is 0 Å². The van der Waals surface area contributed by atoms with Crippen LogP contribution in [0.5, 0.6) is 0 Å². The van der Waals surface area contributed by atoms with Crippen molar-refractivity contribution in [3.05, 3.63) is 56.3 Å². The standard InChI is InChI=1S/C14H16N2O2S/c1-3-11-8-9-14(19-11)10(2)15-12-6-4-5-7-13(12)16(17)18/h4-10,15H,3H2,1-2H3. The van der Waals surface area contributed by atoms with Gasteiger partial charge in [-0.15, -0.1) is 11.3 Å². The third kappa shape index (κ3) is 3.12. The van der Waals surface area contributed by atoms with Crippen molar-refractivity contribution >= 4 is 22.7 Å². The fourth-order valence-electron chi connectivity index (χ4n) is 1.88. The zero-order valence-electron chi connectivity index (χ0n) is 10.9. The minimum Gasteiger partial charge on any atom is -0.372 e. The van der Waals surface area contributed by atoms with Crippen LogP contribution in [-0.2, 0) is 6.42 Å². The number of nitrogens with zero attached hydrogens (tertiary/aromatic N) is 1. The second-order valence-corrected chi connectivity index (χ2v) is 5.50. The molecule has 0 radical (unpaired) electrons. The van der Waals surface area contributed by atoms with Crippen LogP contribution in [0.25, 0.3) is 0 Å². The Balaban J connectivity index is 2.19. The van der Waals surface area contributed by atoms with E-state index in [1.807, 2.05) is 6.92 Å². The van der Waals surface area contributed by atoms with Gasteiger partial charge in [-0.05, 0) is 31.5 Å². The van der Waals surface area contributed by atoms with Crippen LogP contribution in [0.4, 0.5) is 11.4 Å². The second-order valence-electron chi connectivity index (χ2n) is 4.30. The number of para-hydroxylation sites is 2. The molecule has 1 aromatic carbocycles. The van der Waals surface area contributed by atoms with Crippen molar-refractivity contribution in [2.45, 2.75) is 26.3 Å². The smallest absolute Gasteiger partial charge is 0.292 e. The SMILES string of the molecule is CCc1ccc(C(C)Nc2ccccc2[N+](=O)[O-])s1. The maximum absolute atomic E-state index is 11.0. The first-order valence-electron chi connectivity index (χ1n) is 6.20. The van der Waals surface area contributed by atoms with Crippen LogP contribution in [0.15, 0.2) is 36.4 Å². The van der Waals surface area contributed by atoms with Gasteiger partial charge in [-0.25, -0.2) is 0 Å². The lowest BCUT2D eigenvalue weighted by Crippen LogP contribution is -2.06. The molecule has 0 aliphatic rings. The van der Waals surface area contributed by atoms with Crippen LogP contribution in [-0.4, -0.2) is 4.92 Å². The summed E-state index contributed by atoms with van der Waals surface area (Å²) < 4.78 is 0. The van der Waals surface area contributed by atoms with Crippen molar-refractivity contribution in [1.29, 1.82) is 0 Å². The zero-order chi connectivity index (χ0) is 13.8. The van der Waals surface area contributed by atoms with Crippen LogP contribution in [0.1, 0.15) is 29.6 Å². The van der Waals surface area contributed by atoms with Gasteiger partial charge in [0.25, 0.3) is 5.69 Å². The molecule has 100 valence electrons. The van der Waals surface area contributed by atoms with Crippen LogP contribution in [0.3, 0.4) is 0 Å². The molecular formula is C14H16N2O2S. The average Bonchev–Trinajstić information content (AvgIpc) is 2.88. The van der Waals surface area contributed by atoms with Gasteiger partial charge in [0.15, 0.2) is 0 Å². The number of nitro benzene ring substituents is 1. The van der Waals surface area contributed by atoms with Crippen molar-refractivity contribution in [3.63, 3.8) is 0 Å². The van der Waals surface area contributed by atoms with Crippen molar-refractivity contribution in [3.8, 4) is 0 Å². The van der Waals surface area contributed by atoms with Crippen molar-refractivity contribution < 1.29 is 4.92 Å². The highest BCUT2D eigenvalue weighted by molar-refractivity contribution is 7.12. The molecular weight excluding hydrogens is 260 g/mol. The summed E-state index contributed by atoms with van der Waals surface area (Å²) in [6.07, 6.45) is 1.02. The van der Waals surface area contributed by atoms with E-state index in [-0.39, 0.29) is 16.7 Å². The third-order valence-electron chi connectivity index (χ3n) is 2.93. The van der Waals surface area contributed by atoms with E-state index in [1.54, 1.807) is 29.5 Å². The molecule has 1 unspecified atom stereocenters. The molecule has 0 aliphatic carbocycles. The number of nitro groups is 1. The van der Waals surface area contributed by atoms with Gasteiger partial charge in [-0.1, -0.05) is 19.1 Å². The highest BCUT2D eigenvalue weighted by atomic mass is 32.1. The molecule has 0 spiro atoms. The van der Waals surface area contributed by atoms with E-state index < -0.39 is 0 Å². The number of rotatable bonds is 5.